The second-order valence-electron chi connectivity index (χ2n) is 6.18. The summed E-state index contributed by atoms with van der Waals surface area (Å²) in [6, 6.07) is 7.01. The van der Waals surface area contributed by atoms with Crippen LogP contribution in [0.3, 0.4) is 0 Å². The molecule has 1 aromatic heterocycles. The molecule has 0 radical (unpaired) electrons. The minimum absolute atomic E-state index is 0.118. The van der Waals surface area contributed by atoms with Crippen LogP contribution in [0.1, 0.15) is 19.4 Å². The summed E-state index contributed by atoms with van der Waals surface area (Å²) in [7, 11) is -2.60. The minimum Gasteiger partial charge on any atom is -0.482 e. The van der Waals surface area contributed by atoms with Gasteiger partial charge in [0, 0.05) is 17.1 Å². The quantitative estimate of drug-likeness (QED) is 0.656. The fraction of sp³-hybridized carbons (Fsp3) is 0.312. The fourth-order valence-electron chi connectivity index (χ4n) is 2.03. The van der Waals surface area contributed by atoms with Gasteiger partial charge < -0.3 is 9.84 Å². The molecule has 0 bridgehead atoms. The van der Waals surface area contributed by atoms with Crippen molar-refractivity contribution in [2.75, 3.05) is 7.11 Å². The molecule has 0 saturated heterocycles. The highest BCUT2D eigenvalue weighted by molar-refractivity contribution is 7.91. The SMILES string of the molecule is C=C(NS(=O)(=O)c1nc(-c2ccc(CC(C)(C)C(=O)O)cc2)ns1)OC. The van der Waals surface area contributed by atoms with Crippen molar-refractivity contribution in [1.82, 2.24) is 14.1 Å². The van der Waals surface area contributed by atoms with E-state index in [-0.39, 0.29) is 16.0 Å². The van der Waals surface area contributed by atoms with E-state index in [1.807, 2.05) is 0 Å². The lowest BCUT2D eigenvalue weighted by molar-refractivity contribution is -0.146. The lowest BCUT2D eigenvalue weighted by Gasteiger charge is -2.18. The molecular weight excluding hydrogens is 378 g/mol. The van der Waals surface area contributed by atoms with Crippen LogP contribution in [0, 0.1) is 5.41 Å². The molecule has 10 heteroatoms. The van der Waals surface area contributed by atoms with Crippen LogP contribution in [-0.4, -0.2) is 36.0 Å². The van der Waals surface area contributed by atoms with E-state index >= 15 is 0 Å². The first-order valence-corrected chi connectivity index (χ1v) is 9.73. The highest BCUT2D eigenvalue weighted by atomic mass is 32.2. The largest absolute Gasteiger partial charge is 0.482 e. The first-order chi connectivity index (χ1) is 12.0. The molecule has 2 N–H and O–H groups in total. The summed E-state index contributed by atoms with van der Waals surface area (Å²) >= 11 is 0.736. The van der Waals surface area contributed by atoms with Crippen molar-refractivity contribution in [3.8, 4) is 11.4 Å². The summed E-state index contributed by atoms with van der Waals surface area (Å²) in [5.41, 5.74) is 0.601. The number of aromatic nitrogens is 2. The van der Waals surface area contributed by atoms with Crippen molar-refractivity contribution in [2.45, 2.75) is 24.6 Å². The molecule has 0 aliphatic carbocycles. The maximum Gasteiger partial charge on any atom is 0.309 e. The number of benzene rings is 1. The molecule has 26 heavy (non-hydrogen) atoms. The van der Waals surface area contributed by atoms with Crippen LogP contribution in [0.15, 0.2) is 41.1 Å². The summed E-state index contributed by atoms with van der Waals surface area (Å²) < 4.78 is 34.9. The summed E-state index contributed by atoms with van der Waals surface area (Å²) in [5, 5.41) is 9.20. The van der Waals surface area contributed by atoms with Crippen LogP contribution in [0.2, 0.25) is 0 Å². The van der Waals surface area contributed by atoms with E-state index in [9.17, 15) is 18.3 Å². The van der Waals surface area contributed by atoms with Gasteiger partial charge in [-0.15, -0.1) is 0 Å². The number of nitrogens with one attached hydrogen (secondary N) is 1. The van der Waals surface area contributed by atoms with Gasteiger partial charge in [-0.3, -0.25) is 4.79 Å². The predicted molar refractivity (Wildman–Crippen MR) is 96.9 cm³/mol. The van der Waals surface area contributed by atoms with Crippen molar-refractivity contribution in [2.24, 2.45) is 5.41 Å². The lowest BCUT2D eigenvalue weighted by Crippen LogP contribution is -2.26. The molecule has 0 amide bonds. The Morgan fingerprint density at radius 3 is 2.50 bits per heavy atom. The van der Waals surface area contributed by atoms with Crippen LogP contribution in [0.5, 0.6) is 0 Å². The predicted octanol–water partition coefficient (Wildman–Crippen LogP) is 2.25. The van der Waals surface area contributed by atoms with Gasteiger partial charge in [-0.2, -0.15) is 12.8 Å². The molecular formula is C16H19N3O5S2. The van der Waals surface area contributed by atoms with E-state index in [0.29, 0.717) is 12.0 Å². The van der Waals surface area contributed by atoms with E-state index in [2.05, 4.69) is 20.7 Å². The number of rotatable bonds is 8. The number of hydrogen-bond acceptors (Lipinski definition) is 7. The summed E-state index contributed by atoms with van der Waals surface area (Å²) in [6.45, 7) is 6.71. The van der Waals surface area contributed by atoms with Crippen molar-refractivity contribution >= 4 is 27.5 Å². The number of methoxy groups -OCH3 is 1. The number of ether oxygens (including phenoxy) is 1. The normalized spacial score (nSPS) is 11.8. The Balaban J connectivity index is 2.19. The molecule has 0 fully saturated rings. The van der Waals surface area contributed by atoms with Gasteiger partial charge in [0.25, 0.3) is 10.0 Å². The van der Waals surface area contributed by atoms with Gasteiger partial charge in [0.15, 0.2) is 11.7 Å². The standard InChI is InChI=1S/C16H19N3O5S2/c1-10(24-4)19-26(22,23)15-17-13(18-25-15)12-7-5-11(6-8-12)9-16(2,3)14(20)21/h5-8,19H,1,9H2,2-4H3,(H,20,21). The van der Waals surface area contributed by atoms with Gasteiger partial charge in [0.05, 0.1) is 12.5 Å². The molecule has 0 aliphatic heterocycles. The molecule has 8 nitrogen and oxygen atoms in total. The summed E-state index contributed by atoms with van der Waals surface area (Å²) in [5.74, 6) is -0.725. The molecule has 0 spiro atoms. The van der Waals surface area contributed by atoms with Crippen LogP contribution < -0.4 is 4.72 Å². The third kappa shape index (κ3) is 4.58. The number of carboxylic acid groups (broad SMARTS) is 1. The molecule has 0 aliphatic rings. The molecule has 1 heterocycles. The Kier molecular flexibility index (Phi) is 5.67. The molecule has 1 aromatic carbocycles. The van der Waals surface area contributed by atoms with Crippen LogP contribution in [-0.2, 0) is 26.0 Å². The summed E-state index contributed by atoms with van der Waals surface area (Å²) in [4.78, 5) is 15.3. The van der Waals surface area contributed by atoms with Gasteiger partial charge in [-0.1, -0.05) is 24.3 Å². The Labute approximate surface area is 155 Å². The maximum atomic E-state index is 12.1. The Hall–Kier alpha value is -2.46. The zero-order chi connectivity index (χ0) is 19.5. The Morgan fingerprint density at radius 2 is 1.96 bits per heavy atom. The molecule has 0 unspecified atom stereocenters. The molecule has 0 saturated carbocycles. The lowest BCUT2D eigenvalue weighted by atomic mass is 9.86. The highest BCUT2D eigenvalue weighted by Gasteiger charge is 2.27. The molecule has 2 aromatic rings. The van der Waals surface area contributed by atoms with E-state index < -0.39 is 21.4 Å². The molecule has 2 rings (SSSR count). The van der Waals surface area contributed by atoms with Gasteiger partial charge >= 0.3 is 5.97 Å². The Bertz CT molecular complexity index is 918. The number of nitrogens with zero attached hydrogens (tertiary/aromatic N) is 2. The third-order valence-corrected chi connectivity index (χ3v) is 6.01. The molecule has 0 atom stereocenters. The van der Waals surface area contributed by atoms with Crippen LogP contribution >= 0.6 is 11.5 Å². The smallest absolute Gasteiger partial charge is 0.309 e. The van der Waals surface area contributed by atoms with E-state index in [1.54, 1.807) is 38.1 Å². The molecule has 140 valence electrons. The van der Waals surface area contributed by atoms with Gasteiger partial charge in [-0.05, 0) is 32.4 Å². The second-order valence-corrected chi connectivity index (χ2v) is 8.79. The topological polar surface area (TPSA) is 118 Å². The van der Waals surface area contributed by atoms with Crippen molar-refractivity contribution < 1.29 is 23.1 Å². The first kappa shape index (κ1) is 19.9. The van der Waals surface area contributed by atoms with Crippen molar-refractivity contribution in [3.63, 3.8) is 0 Å². The average molecular weight is 397 g/mol. The minimum atomic E-state index is -3.90. The van der Waals surface area contributed by atoms with E-state index in [0.717, 1.165) is 17.1 Å². The maximum absolute atomic E-state index is 12.1. The van der Waals surface area contributed by atoms with Crippen LogP contribution in [0.25, 0.3) is 11.4 Å². The summed E-state index contributed by atoms with van der Waals surface area (Å²) in [6.07, 6.45) is 0.371. The number of carboxylic acids is 1. The number of carbonyl (C=O) groups is 1. The first-order valence-electron chi connectivity index (χ1n) is 7.47. The number of aliphatic carboxylic acids is 1. The van der Waals surface area contributed by atoms with E-state index in [4.69, 9.17) is 4.74 Å². The highest BCUT2D eigenvalue weighted by Crippen LogP contribution is 2.25. The van der Waals surface area contributed by atoms with Crippen molar-refractivity contribution in [1.29, 1.82) is 0 Å². The van der Waals surface area contributed by atoms with E-state index in [1.165, 1.54) is 7.11 Å². The number of sulfonamides is 1. The van der Waals surface area contributed by atoms with Gasteiger partial charge in [-0.25, -0.2) is 9.71 Å². The van der Waals surface area contributed by atoms with Crippen molar-refractivity contribution in [3.05, 3.63) is 42.3 Å². The number of hydrogen-bond donors (Lipinski definition) is 2. The second kappa shape index (κ2) is 7.42. The monoisotopic (exact) mass is 397 g/mol. The fourth-order valence-corrected chi connectivity index (χ4v) is 3.77. The van der Waals surface area contributed by atoms with Gasteiger partial charge in [0.1, 0.15) is 0 Å². The zero-order valence-corrected chi connectivity index (χ0v) is 16.1. The average Bonchev–Trinajstić information content (AvgIpc) is 3.05. The zero-order valence-electron chi connectivity index (χ0n) is 14.5. The Morgan fingerprint density at radius 1 is 1.35 bits per heavy atom. The van der Waals surface area contributed by atoms with Gasteiger partial charge in [0.2, 0.25) is 4.34 Å². The van der Waals surface area contributed by atoms with Crippen LogP contribution in [0.4, 0.5) is 0 Å². The third-order valence-electron chi connectivity index (χ3n) is 3.57.